The second kappa shape index (κ2) is 5.31. The van der Waals surface area contributed by atoms with E-state index in [-0.39, 0.29) is 16.7 Å². The zero-order chi connectivity index (χ0) is 20.8. The molecule has 0 spiro atoms. The Labute approximate surface area is 160 Å². The Balaban J connectivity index is 2.06. The number of fused-ring (bicyclic) bond motifs is 6. The maximum atomic E-state index is 12.7. The Bertz CT molecular complexity index is 1780. The van der Waals surface area contributed by atoms with Crippen LogP contribution in [0.15, 0.2) is 46.2 Å². The van der Waals surface area contributed by atoms with Gasteiger partial charge in [0.2, 0.25) is 5.58 Å². The van der Waals surface area contributed by atoms with Crippen LogP contribution >= 0.6 is 0 Å². The van der Waals surface area contributed by atoms with Gasteiger partial charge >= 0.3 is 22.7 Å². The predicted octanol–water partition coefficient (Wildman–Crippen LogP) is -0.234. The van der Waals surface area contributed by atoms with E-state index < -0.39 is 22.5 Å². The third kappa shape index (κ3) is 1.97. The first-order chi connectivity index (χ1) is 13.7. The first-order valence-electron chi connectivity index (χ1n) is 8.70. The van der Waals surface area contributed by atoms with Crippen LogP contribution in [0.1, 0.15) is 0 Å². The second-order valence-corrected chi connectivity index (χ2v) is 7.01. The molecule has 0 saturated carbocycles. The molecule has 146 valence electrons. The second-order valence-electron chi connectivity index (χ2n) is 7.01. The molecule has 10 heteroatoms. The van der Waals surface area contributed by atoms with Gasteiger partial charge in [0.25, 0.3) is 5.56 Å². The molecule has 0 N–H and O–H groups in total. The summed E-state index contributed by atoms with van der Waals surface area (Å²) in [7, 11) is 5.85. The normalized spacial score (nSPS) is 12.0. The van der Waals surface area contributed by atoms with Crippen LogP contribution in [0.2, 0.25) is 0 Å². The van der Waals surface area contributed by atoms with Gasteiger partial charge < -0.3 is 8.83 Å². The Morgan fingerprint density at radius 2 is 1.48 bits per heavy atom. The van der Waals surface area contributed by atoms with E-state index in [0.717, 1.165) is 9.13 Å². The molecule has 1 aromatic carbocycles. The predicted molar refractivity (Wildman–Crippen MR) is 104 cm³/mol. The van der Waals surface area contributed by atoms with Crippen LogP contribution in [0.25, 0.3) is 44.1 Å². The van der Waals surface area contributed by atoms with Crippen LogP contribution < -0.4 is 27.1 Å². The van der Waals surface area contributed by atoms with Crippen molar-refractivity contribution in [2.24, 2.45) is 28.2 Å². The first kappa shape index (κ1) is 17.2. The van der Waals surface area contributed by atoms with Gasteiger partial charge in [-0.05, 0) is 12.1 Å². The maximum Gasteiger partial charge on any atom is 0.503 e. The highest BCUT2D eigenvalue weighted by Gasteiger charge is 2.24. The van der Waals surface area contributed by atoms with E-state index in [2.05, 4.69) is 0 Å². The minimum Gasteiger partial charge on any atom is -0.448 e. The van der Waals surface area contributed by atoms with Crippen molar-refractivity contribution in [1.29, 1.82) is 0 Å². The van der Waals surface area contributed by atoms with Crippen molar-refractivity contribution in [1.82, 2.24) is 13.7 Å². The molecule has 0 amide bonds. The Hall–Kier alpha value is -3.95. The summed E-state index contributed by atoms with van der Waals surface area (Å²) in [5, 5.41) is 1.28. The first-order valence-corrected chi connectivity index (χ1v) is 8.70. The number of nitrogens with zero attached hydrogens (tertiary/aromatic N) is 4. The number of hydrogen-bond acceptors (Lipinski definition) is 6. The fourth-order valence-corrected chi connectivity index (χ4v) is 3.77. The molecule has 0 aliphatic heterocycles. The van der Waals surface area contributed by atoms with Gasteiger partial charge in [-0.3, -0.25) is 13.9 Å². The average molecular weight is 395 g/mol. The highest BCUT2D eigenvalue weighted by Crippen LogP contribution is 2.30. The van der Waals surface area contributed by atoms with E-state index >= 15 is 0 Å². The van der Waals surface area contributed by atoms with E-state index in [0.29, 0.717) is 27.5 Å². The Morgan fingerprint density at radius 3 is 2.21 bits per heavy atom. The fourth-order valence-electron chi connectivity index (χ4n) is 3.77. The van der Waals surface area contributed by atoms with E-state index in [9.17, 15) is 19.2 Å². The molecule has 0 fully saturated rings. The number of furan rings is 2. The van der Waals surface area contributed by atoms with Crippen LogP contribution in [0.4, 0.5) is 0 Å². The van der Waals surface area contributed by atoms with Gasteiger partial charge in [-0.15, -0.1) is 0 Å². The molecule has 0 aliphatic rings. The Kier molecular flexibility index (Phi) is 3.14. The lowest BCUT2D eigenvalue weighted by Gasteiger charge is -2.02. The minimum atomic E-state index is -0.543. The van der Waals surface area contributed by atoms with Gasteiger partial charge in [-0.2, -0.15) is 13.9 Å². The number of aryl methyl sites for hydroxylation is 2. The minimum absolute atomic E-state index is 0.0448. The van der Waals surface area contributed by atoms with Crippen LogP contribution in [0.3, 0.4) is 0 Å². The highest BCUT2D eigenvalue weighted by molar-refractivity contribution is 6.08. The lowest BCUT2D eigenvalue weighted by Crippen LogP contribution is -2.54. The van der Waals surface area contributed by atoms with Crippen molar-refractivity contribution in [2.45, 2.75) is 0 Å². The molecule has 0 radical (unpaired) electrons. The third-order valence-corrected chi connectivity index (χ3v) is 5.39. The summed E-state index contributed by atoms with van der Waals surface area (Å²) in [6, 6.07) is 4.88. The fraction of sp³-hybridized carbons (Fsp3) is 0.211. The standard InChI is InChI=1S/C19H15N4O6/c1-20-13-9-6-5-8-10(7-11(9)28-14(13)16(25)22(3)18(20)26)29-17-12(8)15(24)21(2)19(27)23(17)4/h5-7H,1-4H3/q+1. The van der Waals surface area contributed by atoms with Crippen molar-refractivity contribution < 1.29 is 13.4 Å². The number of aromatic nitrogens is 4. The zero-order valence-electron chi connectivity index (χ0n) is 16.0. The van der Waals surface area contributed by atoms with Gasteiger partial charge in [-0.1, -0.05) is 0 Å². The monoisotopic (exact) mass is 395 g/mol. The van der Waals surface area contributed by atoms with E-state index in [4.69, 9.17) is 8.83 Å². The molecule has 5 aromatic rings. The summed E-state index contributed by atoms with van der Waals surface area (Å²) in [4.78, 5) is 49.7. The topological polar surface area (TPSA) is 113 Å². The molecule has 4 aromatic heterocycles. The third-order valence-electron chi connectivity index (χ3n) is 5.39. The highest BCUT2D eigenvalue weighted by atomic mass is 16.4. The average Bonchev–Trinajstić information content (AvgIpc) is 3.20. The summed E-state index contributed by atoms with van der Waals surface area (Å²) < 4.78 is 16.2. The molecule has 0 aliphatic carbocycles. The molecule has 29 heavy (non-hydrogen) atoms. The molecular formula is C19H15N4O6+. The van der Waals surface area contributed by atoms with Crippen molar-refractivity contribution in [3.63, 3.8) is 0 Å². The van der Waals surface area contributed by atoms with Crippen molar-refractivity contribution in [3.8, 4) is 0 Å². The van der Waals surface area contributed by atoms with E-state index in [1.165, 1.54) is 30.3 Å². The molecule has 0 atom stereocenters. The lowest BCUT2D eigenvalue weighted by atomic mass is 10.2. The molecule has 0 unspecified atom stereocenters. The SMILES string of the molecule is Cn1c(=O)c2oc3cc4oc5c(c(=O)n(C)c(=O)[n+]5C)c4ccc3c2n(C)c1=O. The van der Waals surface area contributed by atoms with Crippen molar-refractivity contribution >= 4 is 44.1 Å². The zero-order valence-corrected chi connectivity index (χ0v) is 16.0. The molecular weight excluding hydrogens is 380 g/mol. The smallest absolute Gasteiger partial charge is 0.448 e. The summed E-state index contributed by atoms with van der Waals surface area (Å²) in [6.45, 7) is 0. The van der Waals surface area contributed by atoms with Gasteiger partial charge in [0.15, 0.2) is 5.39 Å². The lowest BCUT2D eigenvalue weighted by molar-refractivity contribution is -0.671. The van der Waals surface area contributed by atoms with E-state index in [1.54, 1.807) is 25.2 Å². The molecule has 5 rings (SSSR count). The maximum absolute atomic E-state index is 12.7. The van der Waals surface area contributed by atoms with Gasteiger partial charge in [0.05, 0.1) is 14.1 Å². The van der Waals surface area contributed by atoms with Gasteiger partial charge in [-0.25, -0.2) is 9.59 Å². The number of hydrogen-bond donors (Lipinski definition) is 0. The van der Waals surface area contributed by atoms with Crippen molar-refractivity contribution in [3.05, 3.63) is 59.9 Å². The molecule has 10 nitrogen and oxygen atoms in total. The van der Waals surface area contributed by atoms with Gasteiger partial charge in [0, 0.05) is 30.9 Å². The summed E-state index contributed by atoms with van der Waals surface area (Å²) >= 11 is 0. The quantitative estimate of drug-likeness (QED) is 0.335. The van der Waals surface area contributed by atoms with Gasteiger partial charge in [0.1, 0.15) is 16.7 Å². The van der Waals surface area contributed by atoms with E-state index in [1.807, 2.05) is 0 Å². The molecule has 0 bridgehead atoms. The Morgan fingerprint density at radius 1 is 0.828 bits per heavy atom. The summed E-state index contributed by atoms with van der Waals surface area (Å²) in [5.74, 6) is 0. The van der Waals surface area contributed by atoms with Crippen molar-refractivity contribution in [2.75, 3.05) is 0 Å². The van der Waals surface area contributed by atoms with Crippen LogP contribution in [-0.2, 0) is 28.2 Å². The summed E-state index contributed by atoms with van der Waals surface area (Å²) in [6.07, 6.45) is 0. The number of rotatable bonds is 0. The van der Waals surface area contributed by atoms with Crippen LogP contribution in [-0.4, -0.2) is 13.7 Å². The molecule has 4 heterocycles. The van der Waals surface area contributed by atoms with Crippen LogP contribution in [0, 0.1) is 0 Å². The molecule has 0 saturated heterocycles. The largest absolute Gasteiger partial charge is 0.503 e. The summed E-state index contributed by atoms with van der Waals surface area (Å²) in [5.41, 5.74) is -0.822. The van der Waals surface area contributed by atoms with Crippen LogP contribution in [0.5, 0.6) is 0 Å².